The van der Waals surface area contributed by atoms with Crippen molar-refractivity contribution in [3.05, 3.63) is 0 Å². The predicted molar refractivity (Wildman–Crippen MR) is 58.4 cm³/mol. The molecule has 0 spiro atoms. The van der Waals surface area contributed by atoms with Crippen molar-refractivity contribution in [3.8, 4) is 0 Å². The molecule has 0 aromatic rings. The van der Waals surface area contributed by atoms with Crippen LogP contribution in [-0.4, -0.2) is 25.3 Å². The van der Waals surface area contributed by atoms with Gasteiger partial charge in [-0.1, -0.05) is 6.92 Å². The molecule has 0 atom stereocenters. The van der Waals surface area contributed by atoms with Crippen LogP contribution < -0.4 is 5.32 Å². The van der Waals surface area contributed by atoms with Crippen LogP contribution in [0.25, 0.3) is 0 Å². The molecule has 0 unspecified atom stereocenters. The fourth-order valence-corrected chi connectivity index (χ4v) is 2.28. The minimum absolute atomic E-state index is 0.575. The lowest BCUT2D eigenvalue weighted by Gasteiger charge is -2.29. The molecular weight excluding hydrogens is 174 g/mol. The summed E-state index contributed by atoms with van der Waals surface area (Å²) < 4.78 is 5.91. The zero-order valence-corrected chi connectivity index (χ0v) is 9.30. The van der Waals surface area contributed by atoms with E-state index in [9.17, 15) is 0 Å². The molecule has 2 aliphatic rings. The third-order valence-electron chi connectivity index (χ3n) is 3.43. The van der Waals surface area contributed by atoms with Crippen LogP contribution in [0.5, 0.6) is 0 Å². The third-order valence-corrected chi connectivity index (χ3v) is 3.43. The van der Waals surface area contributed by atoms with E-state index in [1.807, 2.05) is 0 Å². The monoisotopic (exact) mass is 197 g/mol. The molecule has 2 saturated carbocycles. The summed E-state index contributed by atoms with van der Waals surface area (Å²) in [5.41, 5.74) is 0. The summed E-state index contributed by atoms with van der Waals surface area (Å²) in [4.78, 5) is 0. The first-order valence-electron chi connectivity index (χ1n) is 6.23. The molecule has 0 heterocycles. The van der Waals surface area contributed by atoms with E-state index >= 15 is 0 Å². The topological polar surface area (TPSA) is 21.3 Å². The van der Waals surface area contributed by atoms with E-state index < -0.39 is 0 Å². The van der Waals surface area contributed by atoms with Gasteiger partial charge in [-0.2, -0.15) is 0 Å². The van der Waals surface area contributed by atoms with Gasteiger partial charge in [-0.25, -0.2) is 0 Å². The molecule has 82 valence electrons. The van der Waals surface area contributed by atoms with Crippen LogP contribution >= 0.6 is 0 Å². The van der Waals surface area contributed by atoms with Crippen LogP contribution in [0.2, 0.25) is 0 Å². The van der Waals surface area contributed by atoms with Gasteiger partial charge in [0, 0.05) is 12.6 Å². The summed E-state index contributed by atoms with van der Waals surface area (Å²) in [7, 11) is 0. The minimum atomic E-state index is 0.575. The smallest absolute Gasteiger partial charge is 0.0576 e. The van der Waals surface area contributed by atoms with Crippen LogP contribution in [-0.2, 0) is 4.74 Å². The average molecular weight is 197 g/mol. The van der Waals surface area contributed by atoms with E-state index in [0.717, 1.165) is 25.1 Å². The highest BCUT2D eigenvalue weighted by molar-refractivity contribution is 4.78. The molecule has 2 fully saturated rings. The zero-order chi connectivity index (χ0) is 9.80. The summed E-state index contributed by atoms with van der Waals surface area (Å²) in [6.45, 7) is 4.34. The van der Waals surface area contributed by atoms with Crippen LogP contribution in [0.3, 0.4) is 0 Å². The van der Waals surface area contributed by atoms with Crippen molar-refractivity contribution in [3.63, 3.8) is 0 Å². The van der Waals surface area contributed by atoms with E-state index in [-0.39, 0.29) is 0 Å². The highest BCUT2D eigenvalue weighted by Gasteiger charge is 2.25. The van der Waals surface area contributed by atoms with E-state index in [0.29, 0.717) is 6.10 Å². The van der Waals surface area contributed by atoms with Gasteiger partial charge in [-0.05, 0) is 51.0 Å². The SMILES string of the molecule is CCNC1CCC(OCC2CC2)CC1. The summed E-state index contributed by atoms with van der Waals surface area (Å²) >= 11 is 0. The van der Waals surface area contributed by atoms with Crippen molar-refractivity contribution in [2.45, 2.75) is 57.6 Å². The number of hydrogen-bond donors (Lipinski definition) is 1. The molecule has 0 radical (unpaired) electrons. The number of hydrogen-bond acceptors (Lipinski definition) is 2. The van der Waals surface area contributed by atoms with Crippen molar-refractivity contribution in [1.82, 2.24) is 5.32 Å². The second kappa shape index (κ2) is 5.13. The lowest BCUT2D eigenvalue weighted by atomic mass is 9.93. The van der Waals surface area contributed by atoms with Gasteiger partial charge in [-0.3, -0.25) is 0 Å². The van der Waals surface area contributed by atoms with Gasteiger partial charge < -0.3 is 10.1 Å². The fourth-order valence-electron chi connectivity index (χ4n) is 2.28. The van der Waals surface area contributed by atoms with Crippen molar-refractivity contribution >= 4 is 0 Å². The second-order valence-corrected chi connectivity index (χ2v) is 4.81. The Morgan fingerprint density at radius 2 is 1.79 bits per heavy atom. The van der Waals surface area contributed by atoms with Gasteiger partial charge in [-0.15, -0.1) is 0 Å². The number of ether oxygens (including phenoxy) is 1. The standard InChI is InChI=1S/C12H23NO/c1-2-13-11-5-7-12(8-6-11)14-9-10-3-4-10/h10-13H,2-9H2,1H3. The molecule has 2 nitrogen and oxygen atoms in total. The molecule has 2 rings (SSSR count). The minimum Gasteiger partial charge on any atom is -0.378 e. The maximum Gasteiger partial charge on any atom is 0.0576 e. The van der Waals surface area contributed by atoms with Gasteiger partial charge in [0.15, 0.2) is 0 Å². The highest BCUT2D eigenvalue weighted by Crippen LogP contribution is 2.30. The Morgan fingerprint density at radius 1 is 1.07 bits per heavy atom. The molecule has 2 heteroatoms. The Kier molecular flexibility index (Phi) is 3.82. The van der Waals surface area contributed by atoms with Crippen molar-refractivity contribution in [1.29, 1.82) is 0 Å². The second-order valence-electron chi connectivity index (χ2n) is 4.81. The Morgan fingerprint density at radius 3 is 2.36 bits per heavy atom. The van der Waals surface area contributed by atoms with Crippen molar-refractivity contribution < 1.29 is 4.74 Å². The Bertz CT molecular complexity index is 160. The van der Waals surface area contributed by atoms with Crippen LogP contribution in [0.1, 0.15) is 45.4 Å². The molecule has 2 aliphatic carbocycles. The van der Waals surface area contributed by atoms with Crippen molar-refractivity contribution in [2.75, 3.05) is 13.2 Å². The summed E-state index contributed by atoms with van der Waals surface area (Å²) in [6, 6.07) is 0.765. The molecule has 0 aromatic heterocycles. The normalized spacial score (nSPS) is 33.2. The summed E-state index contributed by atoms with van der Waals surface area (Å²) in [6.07, 6.45) is 8.55. The van der Waals surface area contributed by atoms with Gasteiger partial charge in [0.05, 0.1) is 6.10 Å². The van der Waals surface area contributed by atoms with E-state index in [2.05, 4.69) is 12.2 Å². The average Bonchev–Trinajstić information content (AvgIpc) is 3.01. The summed E-state index contributed by atoms with van der Waals surface area (Å²) in [5, 5.41) is 3.53. The lowest BCUT2D eigenvalue weighted by molar-refractivity contribution is 0.0167. The van der Waals surface area contributed by atoms with Gasteiger partial charge in [0.25, 0.3) is 0 Å². The molecule has 0 aromatic carbocycles. The molecule has 14 heavy (non-hydrogen) atoms. The van der Waals surface area contributed by atoms with Gasteiger partial charge >= 0.3 is 0 Å². The molecule has 1 N–H and O–H groups in total. The largest absolute Gasteiger partial charge is 0.378 e. The first-order valence-corrected chi connectivity index (χ1v) is 6.23. The van der Waals surface area contributed by atoms with Gasteiger partial charge in [0.2, 0.25) is 0 Å². The van der Waals surface area contributed by atoms with Crippen LogP contribution in [0.15, 0.2) is 0 Å². The lowest BCUT2D eigenvalue weighted by Crippen LogP contribution is -2.35. The molecule has 0 amide bonds. The first-order chi connectivity index (χ1) is 6.88. The van der Waals surface area contributed by atoms with E-state index in [1.165, 1.54) is 38.5 Å². The molecule has 0 saturated heterocycles. The predicted octanol–water partition coefficient (Wildman–Crippen LogP) is 2.33. The number of nitrogens with one attached hydrogen (secondary N) is 1. The molecular formula is C12H23NO. The maximum absolute atomic E-state index is 5.91. The molecule has 0 aliphatic heterocycles. The van der Waals surface area contributed by atoms with Crippen LogP contribution in [0, 0.1) is 5.92 Å². The Balaban J connectivity index is 1.57. The quantitative estimate of drug-likeness (QED) is 0.730. The maximum atomic E-state index is 5.91. The highest BCUT2D eigenvalue weighted by atomic mass is 16.5. The fraction of sp³-hybridized carbons (Fsp3) is 1.00. The zero-order valence-electron chi connectivity index (χ0n) is 9.30. The first kappa shape index (κ1) is 10.4. The summed E-state index contributed by atoms with van der Waals surface area (Å²) in [5.74, 6) is 0.918. The molecule has 0 bridgehead atoms. The van der Waals surface area contributed by atoms with Crippen molar-refractivity contribution in [2.24, 2.45) is 5.92 Å². The number of rotatable bonds is 5. The Hall–Kier alpha value is -0.0800. The van der Waals surface area contributed by atoms with E-state index in [1.54, 1.807) is 0 Å². The Labute approximate surface area is 87.4 Å². The van der Waals surface area contributed by atoms with E-state index in [4.69, 9.17) is 4.74 Å². The van der Waals surface area contributed by atoms with Gasteiger partial charge in [0.1, 0.15) is 0 Å². The van der Waals surface area contributed by atoms with Crippen LogP contribution in [0.4, 0.5) is 0 Å². The third kappa shape index (κ3) is 3.25.